The second-order valence-electron chi connectivity index (χ2n) is 6.00. The number of anilines is 1. The van der Waals surface area contributed by atoms with Crippen LogP contribution in [-0.4, -0.2) is 42.2 Å². The Labute approximate surface area is 164 Å². The van der Waals surface area contributed by atoms with E-state index < -0.39 is 21.9 Å². The number of sulfonamides is 1. The Balaban J connectivity index is 1.71. The molecule has 0 spiro atoms. The number of carbonyl (C=O) groups excluding carboxylic acids is 1. The van der Waals surface area contributed by atoms with E-state index in [0.717, 1.165) is 29.6 Å². The first kappa shape index (κ1) is 20.6. The molecule has 1 aliphatic heterocycles. The van der Waals surface area contributed by atoms with E-state index in [4.69, 9.17) is 0 Å². The van der Waals surface area contributed by atoms with Gasteiger partial charge >= 0.3 is 6.18 Å². The molecule has 11 heteroatoms. The molecule has 1 aliphatic rings. The summed E-state index contributed by atoms with van der Waals surface area (Å²) in [6, 6.07) is 5.52. The van der Waals surface area contributed by atoms with Crippen LogP contribution in [0.1, 0.15) is 28.5 Å². The minimum atomic E-state index is -4.58. The normalized spacial score (nSPS) is 14.2. The summed E-state index contributed by atoms with van der Waals surface area (Å²) in [4.78, 5) is 19.6. The van der Waals surface area contributed by atoms with E-state index in [1.807, 2.05) is 0 Å². The summed E-state index contributed by atoms with van der Waals surface area (Å²) in [6.07, 6.45) is -3.08. The highest BCUT2D eigenvalue weighted by Gasteiger charge is 2.33. The standard InChI is InChI=1S/C17H16F3N3O3S2/c1-2-28(25,26)23-8-6-11-9-12(3-4-13(11)23)14(24)10-27-16-21-7-5-15(22-16)17(18,19)20/h3-5,7,9H,2,6,8,10H2,1H3. The molecule has 6 nitrogen and oxygen atoms in total. The topological polar surface area (TPSA) is 80.2 Å². The highest BCUT2D eigenvalue weighted by atomic mass is 32.2. The zero-order valence-corrected chi connectivity index (χ0v) is 16.4. The predicted octanol–water partition coefficient (Wildman–Crippen LogP) is 3.18. The van der Waals surface area contributed by atoms with Crippen molar-refractivity contribution in [3.8, 4) is 0 Å². The van der Waals surface area contributed by atoms with Gasteiger partial charge in [0.1, 0.15) is 5.69 Å². The lowest BCUT2D eigenvalue weighted by Crippen LogP contribution is -2.30. The van der Waals surface area contributed by atoms with Gasteiger partial charge in [-0.3, -0.25) is 9.10 Å². The summed E-state index contributed by atoms with van der Waals surface area (Å²) >= 11 is 0.817. The van der Waals surface area contributed by atoms with Crippen molar-refractivity contribution in [2.24, 2.45) is 0 Å². The van der Waals surface area contributed by atoms with E-state index in [1.54, 1.807) is 19.1 Å². The summed E-state index contributed by atoms with van der Waals surface area (Å²) in [5.74, 6) is -0.441. The van der Waals surface area contributed by atoms with E-state index >= 15 is 0 Å². The zero-order chi connectivity index (χ0) is 20.5. The molecule has 0 radical (unpaired) electrons. The highest BCUT2D eigenvalue weighted by molar-refractivity contribution is 7.99. The molecule has 28 heavy (non-hydrogen) atoms. The van der Waals surface area contributed by atoms with Gasteiger partial charge in [0.15, 0.2) is 10.9 Å². The molecule has 1 aromatic heterocycles. The SMILES string of the molecule is CCS(=O)(=O)N1CCc2cc(C(=O)CSc3nccc(C(F)(F)F)n3)ccc21. The van der Waals surface area contributed by atoms with Crippen LogP contribution in [-0.2, 0) is 22.6 Å². The summed E-state index contributed by atoms with van der Waals surface area (Å²) in [5, 5.41) is -0.135. The maximum atomic E-state index is 12.7. The molecule has 1 aromatic carbocycles. The van der Waals surface area contributed by atoms with Crippen molar-refractivity contribution in [2.45, 2.75) is 24.7 Å². The Morgan fingerprint density at radius 3 is 2.71 bits per heavy atom. The third kappa shape index (κ3) is 4.30. The first-order valence-corrected chi connectivity index (χ1v) is 10.9. The van der Waals surface area contributed by atoms with E-state index in [2.05, 4.69) is 9.97 Å². The van der Waals surface area contributed by atoms with Crippen molar-refractivity contribution in [3.63, 3.8) is 0 Å². The van der Waals surface area contributed by atoms with E-state index in [0.29, 0.717) is 24.2 Å². The molecule has 3 rings (SSSR count). The lowest BCUT2D eigenvalue weighted by atomic mass is 10.1. The van der Waals surface area contributed by atoms with Crippen LogP contribution in [0, 0.1) is 0 Å². The fourth-order valence-corrected chi connectivity index (χ4v) is 4.66. The number of fused-ring (bicyclic) bond motifs is 1. The van der Waals surface area contributed by atoms with Crippen molar-refractivity contribution >= 4 is 33.3 Å². The molecular weight excluding hydrogens is 415 g/mol. The smallest absolute Gasteiger partial charge is 0.293 e. The first-order chi connectivity index (χ1) is 13.1. The largest absolute Gasteiger partial charge is 0.433 e. The van der Waals surface area contributed by atoms with E-state index in [1.165, 1.54) is 10.4 Å². The average molecular weight is 431 g/mol. The van der Waals surface area contributed by atoms with Gasteiger partial charge in [-0.25, -0.2) is 18.4 Å². The maximum Gasteiger partial charge on any atom is 0.433 e. The Morgan fingerprint density at radius 2 is 2.04 bits per heavy atom. The van der Waals surface area contributed by atoms with Crippen molar-refractivity contribution in [2.75, 3.05) is 22.4 Å². The van der Waals surface area contributed by atoms with Crippen LogP contribution in [0.3, 0.4) is 0 Å². The Hall–Kier alpha value is -2.14. The molecule has 0 bridgehead atoms. The van der Waals surface area contributed by atoms with Gasteiger partial charge in [-0.2, -0.15) is 13.2 Å². The van der Waals surface area contributed by atoms with Crippen molar-refractivity contribution in [1.82, 2.24) is 9.97 Å². The number of carbonyl (C=O) groups is 1. The Kier molecular flexibility index (Phi) is 5.67. The quantitative estimate of drug-likeness (QED) is 0.397. The summed E-state index contributed by atoms with van der Waals surface area (Å²) in [6.45, 7) is 1.90. The van der Waals surface area contributed by atoms with Gasteiger partial charge in [-0.1, -0.05) is 11.8 Å². The lowest BCUT2D eigenvalue weighted by Gasteiger charge is -2.18. The van der Waals surface area contributed by atoms with Crippen molar-refractivity contribution in [3.05, 3.63) is 47.3 Å². The molecule has 0 fully saturated rings. The van der Waals surface area contributed by atoms with Crippen LogP contribution in [0.15, 0.2) is 35.6 Å². The van der Waals surface area contributed by atoms with Gasteiger partial charge in [0.2, 0.25) is 10.0 Å². The Bertz CT molecular complexity index is 1010. The molecule has 0 N–H and O–H groups in total. The van der Waals surface area contributed by atoms with Gasteiger partial charge in [0.25, 0.3) is 0 Å². The third-order valence-corrected chi connectivity index (χ3v) is 6.85. The molecule has 0 amide bonds. The fourth-order valence-electron chi connectivity index (χ4n) is 2.77. The average Bonchev–Trinajstić information content (AvgIpc) is 3.09. The monoisotopic (exact) mass is 431 g/mol. The van der Waals surface area contributed by atoms with Crippen LogP contribution in [0.2, 0.25) is 0 Å². The zero-order valence-electron chi connectivity index (χ0n) is 14.7. The third-order valence-electron chi connectivity index (χ3n) is 4.21. The molecule has 0 aliphatic carbocycles. The number of hydrogen-bond donors (Lipinski definition) is 0. The number of ketones is 1. The molecule has 0 unspecified atom stereocenters. The maximum absolute atomic E-state index is 12.7. The van der Waals surface area contributed by atoms with Crippen LogP contribution in [0.25, 0.3) is 0 Å². The molecule has 2 heterocycles. The highest BCUT2D eigenvalue weighted by Crippen LogP contribution is 2.32. The van der Waals surface area contributed by atoms with E-state index in [-0.39, 0.29) is 22.4 Å². The van der Waals surface area contributed by atoms with Crippen LogP contribution >= 0.6 is 11.8 Å². The molecule has 2 aromatic rings. The molecular formula is C17H16F3N3O3S2. The number of alkyl halides is 3. The van der Waals surface area contributed by atoms with Gasteiger partial charge in [-0.15, -0.1) is 0 Å². The number of rotatable bonds is 6. The minimum absolute atomic E-state index is 0.0131. The van der Waals surface area contributed by atoms with Crippen LogP contribution in [0.4, 0.5) is 18.9 Å². The minimum Gasteiger partial charge on any atom is -0.293 e. The number of hydrogen-bond acceptors (Lipinski definition) is 6. The van der Waals surface area contributed by atoms with Gasteiger partial charge in [0, 0.05) is 18.3 Å². The van der Waals surface area contributed by atoms with Crippen molar-refractivity contribution < 1.29 is 26.4 Å². The van der Waals surface area contributed by atoms with Crippen molar-refractivity contribution in [1.29, 1.82) is 0 Å². The van der Waals surface area contributed by atoms with Crippen LogP contribution < -0.4 is 4.31 Å². The second kappa shape index (κ2) is 7.70. The summed E-state index contributed by atoms with van der Waals surface area (Å²) in [7, 11) is -3.37. The molecule has 150 valence electrons. The summed E-state index contributed by atoms with van der Waals surface area (Å²) < 4.78 is 63.6. The van der Waals surface area contributed by atoms with Crippen LogP contribution in [0.5, 0.6) is 0 Å². The number of halogens is 3. The van der Waals surface area contributed by atoms with Gasteiger partial charge < -0.3 is 0 Å². The lowest BCUT2D eigenvalue weighted by molar-refractivity contribution is -0.141. The van der Waals surface area contributed by atoms with Gasteiger partial charge in [-0.05, 0) is 43.2 Å². The molecule has 0 saturated heterocycles. The summed E-state index contributed by atoms with van der Waals surface area (Å²) in [5.41, 5.74) is 0.622. The number of aromatic nitrogens is 2. The number of thioether (sulfide) groups is 1. The number of Topliss-reactive ketones (excluding diaryl/α,β-unsaturated/α-hetero) is 1. The predicted molar refractivity (Wildman–Crippen MR) is 99.0 cm³/mol. The molecule has 0 atom stereocenters. The molecule has 0 saturated carbocycles. The van der Waals surface area contributed by atoms with E-state index in [9.17, 15) is 26.4 Å². The number of benzene rings is 1. The first-order valence-electron chi connectivity index (χ1n) is 8.31. The fraction of sp³-hybridized carbons (Fsp3) is 0.353. The second-order valence-corrected chi connectivity index (χ2v) is 9.12. The number of nitrogens with zero attached hydrogens (tertiary/aromatic N) is 3. The van der Waals surface area contributed by atoms with Gasteiger partial charge in [0.05, 0.1) is 17.2 Å². The Morgan fingerprint density at radius 1 is 1.29 bits per heavy atom.